The van der Waals surface area contributed by atoms with Crippen molar-refractivity contribution in [2.24, 2.45) is 0 Å². The van der Waals surface area contributed by atoms with Crippen LogP contribution in [-0.2, 0) is 5.41 Å². The van der Waals surface area contributed by atoms with Gasteiger partial charge in [0.25, 0.3) is 0 Å². The van der Waals surface area contributed by atoms with E-state index in [4.69, 9.17) is 0 Å². The molecular formula is C13H14N3. The van der Waals surface area contributed by atoms with E-state index in [2.05, 4.69) is 42.0 Å². The van der Waals surface area contributed by atoms with Gasteiger partial charge in [0.2, 0.25) is 0 Å². The molecule has 81 valence electrons. The largest absolute Gasteiger partial charge is 0.229 e. The van der Waals surface area contributed by atoms with E-state index in [9.17, 15) is 0 Å². The lowest BCUT2D eigenvalue weighted by Gasteiger charge is -2.15. The van der Waals surface area contributed by atoms with Crippen LogP contribution >= 0.6 is 0 Å². The Morgan fingerprint density at radius 3 is 2.44 bits per heavy atom. The Bertz CT molecular complexity index is 472. The van der Waals surface area contributed by atoms with Gasteiger partial charge in [-0.2, -0.15) is 5.10 Å². The van der Waals surface area contributed by atoms with Crippen LogP contribution in [0.3, 0.4) is 0 Å². The van der Waals surface area contributed by atoms with Gasteiger partial charge >= 0.3 is 0 Å². The summed E-state index contributed by atoms with van der Waals surface area (Å²) in [5.41, 5.74) is 1.82. The van der Waals surface area contributed by atoms with Gasteiger partial charge in [-0.05, 0) is 6.07 Å². The maximum Gasteiger partial charge on any atom is 0.156 e. The van der Waals surface area contributed by atoms with Gasteiger partial charge in [-0.15, -0.1) is 5.10 Å². The summed E-state index contributed by atoms with van der Waals surface area (Å²) in [6.45, 7) is 6.23. The minimum atomic E-state index is -0.0794. The third kappa shape index (κ3) is 2.24. The minimum Gasteiger partial charge on any atom is -0.229 e. The van der Waals surface area contributed by atoms with Crippen LogP contribution in [0.4, 0.5) is 0 Å². The standard InChI is InChI=1S/C13H14N3/c1-13(2,3)12-15-11(9-14-16-12)10-7-5-4-6-8-10/h5-9H,1-3H3. The Morgan fingerprint density at radius 2 is 1.81 bits per heavy atom. The lowest BCUT2D eigenvalue weighted by atomic mass is 9.96. The fourth-order valence-electron chi connectivity index (χ4n) is 1.32. The van der Waals surface area contributed by atoms with E-state index in [1.165, 1.54) is 0 Å². The summed E-state index contributed by atoms with van der Waals surface area (Å²) < 4.78 is 0. The van der Waals surface area contributed by atoms with Crippen LogP contribution in [-0.4, -0.2) is 15.2 Å². The quantitative estimate of drug-likeness (QED) is 0.729. The Labute approximate surface area is 95.6 Å². The van der Waals surface area contributed by atoms with Gasteiger partial charge < -0.3 is 0 Å². The van der Waals surface area contributed by atoms with E-state index in [1.54, 1.807) is 6.20 Å². The fraction of sp³-hybridized carbons (Fsp3) is 0.308. The Kier molecular flexibility index (Phi) is 2.69. The zero-order valence-corrected chi connectivity index (χ0v) is 9.73. The Hall–Kier alpha value is -1.77. The molecule has 0 atom stereocenters. The molecule has 0 N–H and O–H groups in total. The lowest BCUT2D eigenvalue weighted by molar-refractivity contribution is 0.534. The zero-order chi connectivity index (χ0) is 11.6. The van der Waals surface area contributed by atoms with Crippen molar-refractivity contribution in [1.82, 2.24) is 15.2 Å². The second-order valence-electron chi connectivity index (χ2n) is 4.70. The number of nitrogens with zero attached hydrogens (tertiary/aromatic N) is 3. The van der Waals surface area contributed by atoms with Crippen molar-refractivity contribution in [3.05, 3.63) is 42.4 Å². The van der Waals surface area contributed by atoms with Gasteiger partial charge in [0.15, 0.2) is 5.82 Å². The molecule has 0 aliphatic heterocycles. The van der Waals surface area contributed by atoms with Crippen molar-refractivity contribution < 1.29 is 0 Å². The Morgan fingerprint density at radius 1 is 1.12 bits per heavy atom. The van der Waals surface area contributed by atoms with E-state index in [0.717, 1.165) is 17.1 Å². The SMILES string of the molecule is CC(C)(C)c1nncc(-c2cc[c]cc2)n1. The molecule has 0 aliphatic carbocycles. The summed E-state index contributed by atoms with van der Waals surface area (Å²) in [7, 11) is 0. The van der Waals surface area contributed by atoms with Crippen molar-refractivity contribution in [1.29, 1.82) is 0 Å². The first kappa shape index (κ1) is 10.7. The second-order valence-corrected chi connectivity index (χ2v) is 4.70. The molecule has 0 saturated carbocycles. The highest BCUT2D eigenvalue weighted by Crippen LogP contribution is 2.20. The smallest absolute Gasteiger partial charge is 0.156 e. The predicted octanol–water partition coefficient (Wildman–Crippen LogP) is 2.64. The predicted molar refractivity (Wildman–Crippen MR) is 62.8 cm³/mol. The van der Waals surface area contributed by atoms with Gasteiger partial charge in [-0.3, -0.25) is 0 Å². The molecule has 0 fully saturated rings. The van der Waals surface area contributed by atoms with Crippen LogP contribution in [0, 0.1) is 6.07 Å². The van der Waals surface area contributed by atoms with E-state index in [-0.39, 0.29) is 5.41 Å². The fourth-order valence-corrected chi connectivity index (χ4v) is 1.32. The van der Waals surface area contributed by atoms with Gasteiger partial charge in [-0.25, -0.2) is 4.98 Å². The summed E-state index contributed by atoms with van der Waals surface area (Å²) in [5.74, 6) is 0.762. The second kappa shape index (κ2) is 4.00. The summed E-state index contributed by atoms with van der Waals surface area (Å²) in [5, 5.41) is 8.07. The third-order valence-corrected chi connectivity index (χ3v) is 2.24. The first-order chi connectivity index (χ1) is 7.57. The van der Waals surface area contributed by atoms with Crippen molar-refractivity contribution in [2.75, 3.05) is 0 Å². The first-order valence-electron chi connectivity index (χ1n) is 5.24. The average molecular weight is 212 g/mol. The minimum absolute atomic E-state index is 0.0794. The number of rotatable bonds is 1. The summed E-state index contributed by atoms with van der Waals surface area (Å²) in [6.07, 6.45) is 1.69. The maximum absolute atomic E-state index is 4.53. The summed E-state index contributed by atoms with van der Waals surface area (Å²) >= 11 is 0. The zero-order valence-electron chi connectivity index (χ0n) is 9.73. The van der Waals surface area contributed by atoms with E-state index >= 15 is 0 Å². The van der Waals surface area contributed by atoms with E-state index < -0.39 is 0 Å². The molecule has 1 aromatic carbocycles. The summed E-state index contributed by atoms with van der Waals surface area (Å²) in [4.78, 5) is 4.53. The molecule has 3 heteroatoms. The van der Waals surface area contributed by atoms with Crippen molar-refractivity contribution in [3.8, 4) is 11.3 Å². The van der Waals surface area contributed by atoms with Crippen molar-refractivity contribution in [2.45, 2.75) is 26.2 Å². The molecule has 0 bridgehead atoms. The number of benzene rings is 1. The van der Waals surface area contributed by atoms with Gasteiger partial charge in [0, 0.05) is 11.0 Å². The van der Waals surface area contributed by atoms with Crippen molar-refractivity contribution >= 4 is 0 Å². The molecule has 0 saturated heterocycles. The molecule has 1 radical (unpaired) electrons. The maximum atomic E-state index is 4.53. The monoisotopic (exact) mass is 212 g/mol. The van der Waals surface area contributed by atoms with E-state index in [1.807, 2.05) is 24.3 Å². The number of hydrogen-bond donors (Lipinski definition) is 0. The van der Waals surface area contributed by atoms with E-state index in [0.29, 0.717) is 0 Å². The molecule has 1 heterocycles. The molecule has 0 amide bonds. The lowest BCUT2D eigenvalue weighted by Crippen LogP contribution is -2.17. The molecule has 0 spiro atoms. The van der Waals surface area contributed by atoms with Crippen LogP contribution < -0.4 is 0 Å². The molecule has 1 aromatic heterocycles. The molecule has 2 rings (SSSR count). The molecule has 0 unspecified atom stereocenters. The summed E-state index contributed by atoms with van der Waals surface area (Å²) in [6, 6.07) is 10.7. The number of hydrogen-bond acceptors (Lipinski definition) is 3. The van der Waals surface area contributed by atoms with Gasteiger partial charge in [0.1, 0.15) is 0 Å². The highest BCUT2D eigenvalue weighted by atomic mass is 15.1. The van der Waals surface area contributed by atoms with Gasteiger partial charge in [-0.1, -0.05) is 45.0 Å². The van der Waals surface area contributed by atoms with Crippen LogP contribution in [0.5, 0.6) is 0 Å². The molecule has 2 aromatic rings. The van der Waals surface area contributed by atoms with Crippen LogP contribution in [0.15, 0.2) is 30.5 Å². The highest BCUT2D eigenvalue weighted by Gasteiger charge is 2.18. The molecular weight excluding hydrogens is 198 g/mol. The highest BCUT2D eigenvalue weighted by molar-refractivity contribution is 5.57. The Balaban J connectivity index is 2.45. The molecule has 16 heavy (non-hydrogen) atoms. The molecule has 0 aliphatic rings. The normalized spacial score (nSPS) is 11.4. The van der Waals surface area contributed by atoms with Crippen molar-refractivity contribution in [3.63, 3.8) is 0 Å². The molecule has 3 nitrogen and oxygen atoms in total. The van der Waals surface area contributed by atoms with Crippen LogP contribution in [0.25, 0.3) is 11.3 Å². The number of aromatic nitrogens is 3. The van der Waals surface area contributed by atoms with Crippen LogP contribution in [0.2, 0.25) is 0 Å². The average Bonchev–Trinajstić information content (AvgIpc) is 2.29. The van der Waals surface area contributed by atoms with Gasteiger partial charge in [0.05, 0.1) is 11.9 Å². The first-order valence-corrected chi connectivity index (χ1v) is 5.24. The topological polar surface area (TPSA) is 38.7 Å². The van der Waals surface area contributed by atoms with Crippen LogP contribution in [0.1, 0.15) is 26.6 Å². The third-order valence-electron chi connectivity index (χ3n) is 2.24.